The van der Waals surface area contributed by atoms with Crippen LogP contribution in [0.25, 0.3) is 22.3 Å². The Balaban J connectivity index is 2.18. The smallest absolute Gasteiger partial charge is 0.319 e. The molecule has 2 heterocycles. The van der Waals surface area contributed by atoms with Gasteiger partial charge in [-0.25, -0.2) is 9.18 Å². The molecule has 1 fully saturated rings. The van der Waals surface area contributed by atoms with E-state index in [9.17, 15) is 14.0 Å². The molecule has 0 bridgehead atoms. The van der Waals surface area contributed by atoms with Gasteiger partial charge in [-0.3, -0.25) is 14.7 Å². The molecule has 1 aliphatic rings. The highest BCUT2D eigenvalue weighted by molar-refractivity contribution is 6.06. The minimum absolute atomic E-state index is 0.0127. The molecule has 3 aromatic rings. The largest absolute Gasteiger partial charge is 0.380 e. The summed E-state index contributed by atoms with van der Waals surface area (Å²) in [7, 11) is 3.78. The number of aromatic nitrogens is 1. The van der Waals surface area contributed by atoms with Gasteiger partial charge in [0.2, 0.25) is 0 Å². The van der Waals surface area contributed by atoms with Crippen molar-refractivity contribution in [3.8, 4) is 22.3 Å². The quantitative estimate of drug-likeness (QED) is 0.157. The van der Waals surface area contributed by atoms with Gasteiger partial charge in [0.05, 0.1) is 23.6 Å². The number of unbranched alkanes of at least 4 members (excludes halogenated alkanes) is 4. The predicted molar refractivity (Wildman–Crippen MR) is 198 cm³/mol. The van der Waals surface area contributed by atoms with Gasteiger partial charge >= 0.3 is 6.03 Å². The third-order valence-electron chi connectivity index (χ3n) is 9.77. The van der Waals surface area contributed by atoms with Gasteiger partial charge < -0.3 is 21.1 Å². The first-order valence-electron chi connectivity index (χ1n) is 17.9. The highest BCUT2D eigenvalue weighted by Crippen LogP contribution is 2.49. The van der Waals surface area contributed by atoms with E-state index in [1.807, 2.05) is 18.2 Å². The Kier molecular flexibility index (Phi) is 13.3. The summed E-state index contributed by atoms with van der Waals surface area (Å²) in [5.41, 5.74) is 20.2. The Morgan fingerprint density at radius 3 is 2.12 bits per heavy atom. The van der Waals surface area contributed by atoms with Gasteiger partial charge in [0, 0.05) is 30.5 Å². The van der Waals surface area contributed by atoms with Crippen LogP contribution in [0, 0.1) is 5.82 Å². The van der Waals surface area contributed by atoms with E-state index in [2.05, 4.69) is 46.6 Å². The summed E-state index contributed by atoms with van der Waals surface area (Å²) < 4.78 is 20.2. The van der Waals surface area contributed by atoms with Crippen molar-refractivity contribution in [2.24, 2.45) is 11.5 Å². The molecule has 0 unspecified atom stereocenters. The molecule has 49 heavy (non-hydrogen) atoms. The Hall–Kier alpha value is -3.82. The Labute approximate surface area is 292 Å². The number of primary amides is 2. The third kappa shape index (κ3) is 8.68. The molecule has 1 aliphatic heterocycles. The zero-order chi connectivity index (χ0) is 35.8. The van der Waals surface area contributed by atoms with Crippen LogP contribution in [0.4, 0.5) is 14.9 Å². The topological polar surface area (TPSA) is 115 Å². The normalized spacial score (nSPS) is 14.2. The number of methoxy groups -OCH3 is 1. The molecule has 2 aromatic carbocycles. The highest BCUT2D eigenvalue weighted by Gasteiger charge is 2.34. The van der Waals surface area contributed by atoms with Gasteiger partial charge in [-0.15, -0.1) is 0 Å². The fraction of sp³-hybridized carbons (Fsp3) is 0.525. The van der Waals surface area contributed by atoms with Crippen LogP contribution in [-0.2, 0) is 11.3 Å². The molecule has 8 nitrogen and oxygen atoms in total. The minimum atomic E-state index is -0.611. The van der Waals surface area contributed by atoms with E-state index in [1.165, 1.54) is 12.1 Å². The van der Waals surface area contributed by atoms with E-state index in [0.717, 1.165) is 103 Å². The SMILES string of the molecule is CCCCCCCN(C(N)=O)c1c(C(N)=O)ccc(-c2c(C(C)C)nc(C(C)C)c(COC)c2-c2ccc(F)cc2)c1C1CCN(C)CC1. The lowest BCUT2D eigenvalue weighted by Gasteiger charge is -2.36. The number of urea groups is 1. The molecule has 9 heteroatoms. The average molecular weight is 674 g/mol. The van der Waals surface area contributed by atoms with E-state index < -0.39 is 11.9 Å². The summed E-state index contributed by atoms with van der Waals surface area (Å²) in [4.78, 5) is 35.9. The number of benzene rings is 2. The van der Waals surface area contributed by atoms with E-state index in [0.29, 0.717) is 18.8 Å². The van der Waals surface area contributed by atoms with Crippen molar-refractivity contribution in [3.63, 3.8) is 0 Å². The second kappa shape index (κ2) is 17.2. The van der Waals surface area contributed by atoms with Gasteiger partial charge in [0.15, 0.2) is 0 Å². The predicted octanol–water partition coefficient (Wildman–Crippen LogP) is 8.71. The van der Waals surface area contributed by atoms with Crippen LogP contribution in [0.3, 0.4) is 0 Å². The van der Waals surface area contributed by atoms with E-state index in [1.54, 1.807) is 18.1 Å². The molecule has 0 saturated carbocycles. The number of anilines is 1. The Morgan fingerprint density at radius 1 is 0.939 bits per heavy atom. The number of likely N-dealkylation sites (tertiary alicyclic amines) is 1. The molecule has 0 spiro atoms. The van der Waals surface area contributed by atoms with Gasteiger partial charge in [-0.2, -0.15) is 0 Å². The summed E-state index contributed by atoms with van der Waals surface area (Å²) in [5.74, 6) is -0.811. The molecule has 1 aromatic heterocycles. The van der Waals surface area contributed by atoms with Gasteiger partial charge in [-0.1, -0.05) is 78.5 Å². The summed E-state index contributed by atoms with van der Waals surface area (Å²) in [6.07, 6.45) is 6.63. The highest BCUT2D eigenvalue weighted by atomic mass is 19.1. The van der Waals surface area contributed by atoms with Crippen molar-refractivity contribution in [1.29, 1.82) is 0 Å². The number of carbonyl (C=O) groups is 2. The van der Waals surface area contributed by atoms with Crippen molar-refractivity contribution >= 4 is 17.6 Å². The molecule has 266 valence electrons. The second-order valence-electron chi connectivity index (χ2n) is 14.1. The molecule has 4 rings (SSSR count). The van der Waals surface area contributed by atoms with Gasteiger partial charge in [-0.05, 0) is 97.6 Å². The van der Waals surface area contributed by atoms with Crippen LogP contribution in [-0.4, -0.2) is 55.6 Å². The minimum Gasteiger partial charge on any atom is -0.380 e. The maximum Gasteiger partial charge on any atom is 0.319 e. The summed E-state index contributed by atoms with van der Waals surface area (Å²) in [6.45, 7) is 13.1. The molecule has 1 saturated heterocycles. The second-order valence-corrected chi connectivity index (χ2v) is 14.1. The Bertz CT molecular complexity index is 1600. The summed E-state index contributed by atoms with van der Waals surface area (Å²) in [5, 5.41) is 0. The molecule has 0 radical (unpaired) electrons. The zero-order valence-corrected chi connectivity index (χ0v) is 30.6. The van der Waals surface area contributed by atoms with Gasteiger partial charge in [0.25, 0.3) is 5.91 Å². The Morgan fingerprint density at radius 2 is 1.57 bits per heavy atom. The van der Waals surface area contributed by atoms with Crippen LogP contribution in [0.2, 0.25) is 0 Å². The van der Waals surface area contributed by atoms with Crippen molar-refractivity contribution in [1.82, 2.24) is 9.88 Å². The number of carbonyl (C=O) groups excluding carboxylic acids is 2. The van der Waals surface area contributed by atoms with Crippen LogP contribution in [0.15, 0.2) is 36.4 Å². The number of hydrogen-bond acceptors (Lipinski definition) is 5. The number of nitrogens with zero attached hydrogens (tertiary/aromatic N) is 3. The fourth-order valence-corrected chi connectivity index (χ4v) is 7.29. The zero-order valence-electron chi connectivity index (χ0n) is 30.6. The first-order chi connectivity index (χ1) is 23.4. The fourth-order valence-electron chi connectivity index (χ4n) is 7.29. The molecular formula is C40H56FN5O3. The molecule has 0 aliphatic carbocycles. The summed E-state index contributed by atoms with van der Waals surface area (Å²) >= 11 is 0. The number of pyridine rings is 1. The van der Waals surface area contributed by atoms with E-state index in [-0.39, 0.29) is 29.1 Å². The van der Waals surface area contributed by atoms with Crippen LogP contribution >= 0.6 is 0 Å². The number of nitrogens with two attached hydrogens (primary N) is 2. The van der Waals surface area contributed by atoms with E-state index >= 15 is 0 Å². The molecule has 3 amide bonds. The lowest BCUT2D eigenvalue weighted by atomic mass is 9.77. The number of hydrogen-bond donors (Lipinski definition) is 2. The lowest BCUT2D eigenvalue weighted by Crippen LogP contribution is -2.39. The molecule has 4 N–H and O–H groups in total. The maximum absolute atomic E-state index is 14.4. The van der Waals surface area contributed by atoms with Crippen molar-refractivity contribution in [3.05, 3.63) is 70.3 Å². The standard InChI is InChI=1S/C40H56FN5O3/c1-8-9-10-11-12-21-46(40(43)48)38-31(39(42)47)18-17-30(34(38)28-19-22-45(6)23-20-28)35-33(27-13-15-29(41)16-14-27)32(24-49-7)36(25(2)3)44-37(35)26(4)5/h13-18,25-26,28H,8-12,19-24H2,1-7H3,(H2,42,47)(H2,43,48). The number of halogens is 1. The molecular weight excluding hydrogens is 617 g/mol. The third-order valence-corrected chi connectivity index (χ3v) is 9.77. The van der Waals surface area contributed by atoms with Crippen molar-refractivity contribution in [2.75, 3.05) is 38.7 Å². The van der Waals surface area contributed by atoms with Crippen LogP contribution < -0.4 is 16.4 Å². The number of ether oxygens (including phenoxy) is 1. The number of rotatable bonds is 15. The van der Waals surface area contributed by atoms with Crippen LogP contribution in [0.5, 0.6) is 0 Å². The van der Waals surface area contributed by atoms with Crippen LogP contribution in [0.1, 0.15) is 130 Å². The van der Waals surface area contributed by atoms with E-state index in [4.69, 9.17) is 21.2 Å². The monoisotopic (exact) mass is 673 g/mol. The summed E-state index contributed by atoms with van der Waals surface area (Å²) in [6, 6.07) is 9.67. The van der Waals surface area contributed by atoms with Crippen molar-refractivity contribution in [2.45, 2.75) is 104 Å². The first-order valence-corrected chi connectivity index (χ1v) is 17.9. The molecule has 0 atom stereocenters. The number of amides is 3. The average Bonchev–Trinajstić information content (AvgIpc) is 3.06. The maximum atomic E-state index is 14.4. The lowest BCUT2D eigenvalue weighted by molar-refractivity contribution is 0.100. The van der Waals surface area contributed by atoms with Gasteiger partial charge in [0.1, 0.15) is 5.82 Å². The van der Waals surface area contributed by atoms with Crippen molar-refractivity contribution < 1.29 is 18.7 Å². The number of piperidine rings is 1. The first kappa shape index (κ1) is 38.0.